The maximum absolute atomic E-state index is 9.63. The Bertz CT molecular complexity index is 686. The SMILES string of the molecule is CCNC(=NCCCc1c[nH]c2ccccc12)NC1CCC(O)CC1. The summed E-state index contributed by atoms with van der Waals surface area (Å²) in [6.07, 6.45) is 7.86. The number of aliphatic hydroxyl groups is 1. The van der Waals surface area contributed by atoms with Crippen LogP contribution in [0.25, 0.3) is 10.9 Å². The van der Waals surface area contributed by atoms with Gasteiger partial charge in [0, 0.05) is 36.2 Å². The highest BCUT2D eigenvalue weighted by atomic mass is 16.3. The summed E-state index contributed by atoms with van der Waals surface area (Å²) >= 11 is 0. The van der Waals surface area contributed by atoms with E-state index in [0.717, 1.165) is 57.6 Å². The quantitative estimate of drug-likeness (QED) is 0.370. The molecule has 25 heavy (non-hydrogen) atoms. The Labute approximate surface area is 149 Å². The van der Waals surface area contributed by atoms with Crippen molar-refractivity contribution in [2.75, 3.05) is 13.1 Å². The molecule has 5 nitrogen and oxygen atoms in total. The normalized spacial score (nSPS) is 21.4. The van der Waals surface area contributed by atoms with Crippen LogP contribution in [0.1, 0.15) is 44.6 Å². The fraction of sp³-hybridized carbons (Fsp3) is 0.550. The minimum absolute atomic E-state index is 0.117. The van der Waals surface area contributed by atoms with Crippen molar-refractivity contribution in [1.82, 2.24) is 15.6 Å². The van der Waals surface area contributed by atoms with Gasteiger partial charge in [-0.15, -0.1) is 0 Å². The molecule has 0 unspecified atom stereocenters. The van der Waals surface area contributed by atoms with Crippen molar-refractivity contribution in [1.29, 1.82) is 0 Å². The number of nitrogens with one attached hydrogen (secondary N) is 3. The number of rotatable bonds is 6. The summed E-state index contributed by atoms with van der Waals surface area (Å²) in [7, 11) is 0. The zero-order chi connectivity index (χ0) is 17.5. The van der Waals surface area contributed by atoms with Gasteiger partial charge in [0.1, 0.15) is 0 Å². The van der Waals surface area contributed by atoms with Crippen LogP contribution in [-0.2, 0) is 6.42 Å². The predicted molar refractivity (Wildman–Crippen MR) is 104 cm³/mol. The Kier molecular flexibility index (Phi) is 6.34. The summed E-state index contributed by atoms with van der Waals surface area (Å²) in [4.78, 5) is 8.06. The van der Waals surface area contributed by atoms with E-state index in [2.05, 4.69) is 53.0 Å². The second kappa shape index (κ2) is 8.90. The number of aryl methyl sites for hydroxylation is 1. The number of benzene rings is 1. The molecule has 1 heterocycles. The summed E-state index contributed by atoms with van der Waals surface area (Å²) < 4.78 is 0. The van der Waals surface area contributed by atoms with Crippen molar-refractivity contribution >= 4 is 16.9 Å². The molecule has 1 aromatic heterocycles. The molecule has 136 valence electrons. The number of para-hydroxylation sites is 1. The molecule has 0 saturated heterocycles. The zero-order valence-corrected chi connectivity index (χ0v) is 15.1. The van der Waals surface area contributed by atoms with Gasteiger partial charge in [0.25, 0.3) is 0 Å². The second-order valence-corrected chi connectivity index (χ2v) is 6.87. The average molecular weight is 342 g/mol. The summed E-state index contributed by atoms with van der Waals surface area (Å²) in [6, 6.07) is 8.87. The Balaban J connectivity index is 1.49. The summed E-state index contributed by atoms with van der Waals surface area (Å²) in [5, 5.41) is 17.8. The predicted octanol–water partition coefficient (Wildman–Crippen LogP) is 2.96. The van der Waals surface area contributed by atoms with Crippen LogP contribution in [0, 0.1) is 0 Å². The molecular formula is C20H30N4O. The first-order valence-corrected chi connectivity index (χ1v) is 9.54. The average Bonchev–Trinajstić information content (AvgIpc) is 3.04. The molecule has 3 rings (SSSR count). The number of hydrogen-bond donors (Lipinski definition) is 4. The minimum atomic E-state index is -0.117. The van der Waals surface area contributed by atoms with Crippen LogP contribution in [0.3, 0.4) is 0 Å². The fourth-order valence-corrected chi connectivity index (χ4v) is 3.53. The lowest BCUT2D eigenvalue weighted by Gasteiger charge is -2.27. The third kappa shape index (κ3) is 4.98. The Morgan fingerprint density at radius 2 is 2.04 bits per heavy atom. The van der Waals surface area contributed by atoms with Crippen LogP contribution < -0.4 is 10.6 Å². The third-order valence-corrected chi connectivity index (χ3v) is 4.93. The van der Waals surface area contributed by atoms with Crippen molar-refractivity contribution < 1.29 is 5.11 Å². The second-order valence-electron chi connectivity index (χ2n) is 6.87. The lowest BCUT2D eigenvalue weighted by atomic mass is 9.93. The Morgan fingerprint density at radius 3 is 2.84 bits per heavy atom. The summed E-state index contributed by atoms with van der Waals surface area (Å²) in [5.41, 5.74) is 2.57. The van der Waals surface area contributed by atoms with Gasteiger partial charge in [-0.25, -0.2) is 0 Å². The molecule has 4 N–H and O–H groups in total. The molecule has 0 aliphatic heterocycles. The van der Waals surface area contributed by atoms with Gasteiger partial charge < -0.3 is 20.7 Å². The van der Waals surface area contributed by atoms with E-state index in [-0.39, 0.29) is 6.10 Å². The van der Waals surface area contributed by atoms with Crippen LogP contribution in [-0.4, -0.2) is 41.3 Å². The molecule has 1 saturated carbocycles. The number of aromatic nitrogens is 1. The third-order valence-electron chi connectivity index (χ3n) is 4.93. The molecule has 1 aliphatic rings. The molecule has 0 radical (unpaired) electrons. The van der Waals surface area contributed by atoms with Gasteiger partial charge in [-0.3, -0.25) is 4.99 Å². The van der Waals surface area contributed by atoms with E-state index >= 15 is 0 Å². The number of aliphatic hydroxyl groups excluding tert-OH is 1. The van der Waals surface area contributed by atoms with Gasteiger partial charge in [0.15, 0.2) is 5.96 Å². The number of H-pyrrole nitrogens is 1. The van der Waals surface area contributed by atoms with E-state index in [4.69, 9.17) is 4.99 Å². The monoisotopic (exact) mass is 342 g/mol. The molecule has 1 fully saturated rings. The highest BCUT2D eigenvalue weighted by Gasteiger charge is 2.19. The van der Waals surface area contributed by atoms with Crippen molar-refractivity contribution in [3.8, 4) is 0 Å². The van der Waals surface area contributed by atoms with E-state index in [1.165, 1.54) is 16.5 Å². The maximum Gasteiger partial charge on any atom is 0.191 e. The first-order valence-electron chi connectivity index (χ1n) is 9.54. The number of aliphatic imine (C=N–C) groups is 1. The Hall–Kier alpha value is -2.01. The summed E-state index contributed by atoms with van der Waals surface area (Å²) in [5.74, 6) is 0.905. The fourth-order valence-electron chi connectivity index (χ4n) is 3.53. The molecule has 0 bridgehead atoms. The van der Waals surface area contributed by atoms with Crippen LogP contribution in [0.4, 0.5) is 0 Å². The van der Waals surface area contributed by atoms with Crippen molar-refractivity contribution in [2.45, 2.75) is 57.6 Å². The van der Waals surface area contributed by atoms with Gasteiger partial charge in [0.05, 0.1) is 6.10 Å². The van der Waals surface area contributed by atoms with Crippen LogP contribution in [0.15, 0.2) is 35.5 Å². The number of guanidine groups is 1. The zero-order valence-electron chi connectivity index (χ0n) is 15.1. The van der Waals surface area contributed by atoms with Crippen LogP contribution >= 0.6 is 0 Å². The van der Waals surface area contributed by atoms with E-state index in [9.17, 15) is 5.11 Å². The first kappa shape index (κ1) is 17.8. The standard InChI is InChI=1S/C20H30N4O/c1-2-21-20(24-16-9-11-17(25)12-10-16)22-13-5-6-15-14-23-19-8-4-3-7-18(15)19/h3-4,7-8,14,16-17,23,25H,2,5-6,9-13H2,1H3,(H2,21,22,24). The van der Waals surface area contributed by atoms with Crippen molar-refractivity contribution in [3.63, 3.8) is 0 Å². The van der Waals surface area contributed by atoms with E-state index < -0.39 is 0 Å². The lowest BCUT2D eigenvalue weighted by Crippen LogP contribution is -2.45. The minimum Gasteiger partial charge on any atom is -0.393 e. The van der Waals surface area contributed by atoms with Crippen molar-refractivity contribution in [3.05, 3.63) is 36.0 Å². The number of nitrogens with zero attached hydrogens (tertiary/aromatic N) is 1. The molecule has 0 spiro atoms. The number of aromatic amines is 1. The number of fused-ring (bicyclic) bond motifs is 1. The molecule has 1 aromatic carbocycles. The van der Waals surface area contributed by atoms with E-state index in [1.807, 2.05) is 0 Å². The molecule has 2 aromatic rings. The van der Waals surface area contributed by atoms with E-state index in [1.54, 1.807) is 0 Å². The summed E-state index contributed by atoms with van der Waals surface area (Å²) in [6.45, 7) is 3.77. The van der Waals surface area contributed by atoms with Crippen molar-refractivity contribution in [2.24, 2.45) is 4.99 Å². The largest absolute Gasteiger partial charge is 0.393 e. The Morgan fingerprint density at radius 1 is 1.24 bits per heavy atom. The molecule has 0 amide bonds. The van der Waals surface area contributed by atoms with Gasteiger partial charge in [-0.1, -0.05) is 18.2 Å². The van der Waals surface area contributed by atoms with Gasteiger partial charge in [0.2, 0.25) is 0 Å². The topological polar surface area (TPSA) is 72.4 Å². The highest BCUT2D eigenvalue weighted by molar-refractivity contribution is 5.83. The maximum atomic E-state index is 9.63. The smallest absolute Gasteiger partial charge is 0.191 e. The molecular weight excluding hydrogens is 312 g/mol. The van der Waals surface area contributed by atoms with Gasteiger partial charge in [-0.2, -0.15) is 0 Å². The molecule has 0 atom stereocenters. The van der Waals surface area contributed by atoms with Gasteiger partial charge in [-0.05, 0) is 57.1 Å². The lowest BCUT2D eigenvalue weighted by molar-refractivity contribution is 0.120. The van der Waals surface area contributed by atoms with Crippen LogP contribution in [0.2, 0.25) is 0 Å². The highest BCUT2D eigenvalue weighted by Crippen LogP contribution is 2.19. The van der Waals surface area contributed by atoms with E-state index in [0.29, 0.717) is 6.04 Å². The van der Waals surface area contributed by atoms with Crippen LogP contribution in [0.5, 0.6) is 0 Å². The molecule has 1 aliphatic carbocycles. The first-order chi connectivity index (χ1) is 12.3. The number of hydrogen-bond acceptors (Lipinski definition) is 2. The molecule has 5 heteroatoms. The van der Waals surface area contributed by atoms with Gasteiger partial charge >= 0.3 is 0 Å².